The van der Waals surface area contributed by atoms with Gasteiger partial charge in [-0.3, -0.25) is 10.1 Å². The topological polar surface area (TPSA) is 53.6 Å². The van der Waals surface area contributed by atoms with Crippen LogP contribution in [0.1, 0.15) is 11.4 Å². The van der Waals surface area contributed by atoms with Crippen LogP contribution in [0.2, 0.25) is 0 Å². The van der Waals surface area contributed by atoms with E-state index in [1.807, 2.05) is 30.5 Å². The monoisotopic (exact) mass is 202 g/mol. The zero-order chi connectivity index (χ0) is 10.3. The van der Waals surface area contributed by atoms with E-state index in [1.54, 1.807) is 6.20 Å². The number of hydrogen-bond acceptors (Lipinski definition) is 3. The van der Waals surface area contributed by atoms with Crippen LogP contribution in [-0.2, 0) is 13.0 Å². The fraction of sp³-hybridized carbons (Fsp3) is 0.273. The molecular weight excluding hydrogens is 188 g/mol. The quantitative estimate of drug-likeness (QED) is 0.715. The molecule has 0 aliphatic rings. The highest BCUT2D eigenvalue weighted by atomic mass is 15.1. The lowest BCUT2D eigenvalue weighted by Gasteiger charge is -2.02. The summed E-state index contributed by atoms with van der Waals surface area (Å²) in [5, 5.41) is 10.1. The largest absolute Gasteiger partial charge is 0.311 e. The Morgan fingerprint density at radius 3 is 2.93 bits per heavy atom. The number of pyridine rings is 1. The highest BCUT2D eigenvalue weighted by molar-refractivity contribution is 5.04. The van der Waals surface area contributed by atoms with E-state index < -0.39 is 0 Å². The predicted molar refractivity (Wildman–Crippen MR) is 58.2 cm³/mol. The summed E-state index contributed by atoms with van der Waals surface area (Å²) < 4.78 is 0. The second-order valence-electron chi connectivity index (χ2n) is 3.33. The summed E-state index contributed by atoms with van der Waals surface area (Å²) in [6, 6.07) is 7.95. The van der Waals surface area contributed by atoms with E-state index in [0.717, 1.165) is 30.9 Å². The third kappa shape index (κ3) is 3.18. The van der Waals surface area contributed by atoms with E-state index in [0.29, 0.717) is 0 Å². The van der Waals surface area contributed by atoms with Gasteiger partial charge >= 0.3 is 0 Å². The molecule has 15 heavy (non-hydrogen) atoms. The van der Waals surface area contributed by atoms with Crippen LogP contribution in [0, 0.1) is 0 Å². The first-order valence-corrected chi connectivity index (χ1v) is 5.04. The van der Waals surface area contributed by atoms with Crippen molar-refractivity contribution in [2.24, 2.45) is 0 Å². The van der Waals surface area contributed by atoms with Gasteiger partial charge in [0, 0.05) is 43.3 Å². The minimum atomic E-state index is 0.826. The van der Waals surface area contributed by atoms with Gasteiger partial charge in [0.25, 0.3) is 0 Å². The summed E-state index contributed by atoms with van der Waals surface area (Å²) in [5.74, 6) is 0. The summed E-state index contributed by atoms with van der Waals surface area (Å²) in [7, 11) is 0. The summed E-state index contributed by atoms with van der Waals surface area (Å²) in [6.45, 7) is 1.75. The van der Waals surface area contributed by atoms with Crippen LogP contribution in [0.4, 0.5) is 0 Å². The van der Waals surface area contributed by atoms with Crippen molar-refractivity contribution in [3.63, 3.8) is 0 Å². The Morgan fingerprint density at radius 1 is 1.20 bits per heavy atom. The van der Waals surface area contributed by atoms with Gasteiger partial charge in [-0.2, -0.15) is 5.10 Å². The molecule has 0 fully saturated rings. The molecule has 0 aromatic carbocycles. The van der Waals surface area contributed by atoms with Crippen molar-refractivity contribution < 1.29 is 0 Å². The van der Waals surface area contributed by atoms with Crippen molar-refractivity contribution >= 4 is 0 Å². The van der Waals surface area contributed by atoms with E-state index in [4.69, 9.17) is 0 Å². The molecule has 2 heterocycles. The SMILES string of the molecule is c1ccc(CCNCc2ccn[nH]2)nc1. The third-order valence-corrected chi connectivity index (χ3v) is 2.16. The summed E-state index contributed by atoms with van der Waals surface area (Å²) in [5.41, 5.74) is 2.23. The number of hydrogen-bond donors (Lipinski definition) is 2. The smallest absolute Gasteiger partial charge is 0.0490 e. The molecule has 0 saturated carbocycles. The van der Waals surface area contributed by atoms with E-state index in [-0.39, 0.29) is 0 Å². The van der Waals surface area contributed by atoms with Crippen LogP contribution in [0.25, 0.3) is 0 Å². The van der Waals surface area contributed by atoms with Crippen LogP contribution in [0.5, 0.6) is 0 Å². The molecule has 0 saturated heterocycles. The third-order valence-electron chi connectivity index (χ3n) is 2.16. The van der Waals surface area contributed by atoms with Crippen LogP contribution in [-0.4, -0.2) is 21.7 Å². The van der Waals surface area contributed by atoms with Crippen LogP contribution < -0.4 is 5.32 Å². The Bertz CT molecular complexity index is 369. The summed E-state index contributed by atoms with van der Waals surface area (Å²) >= 11 is 0. The number of aromatic nitrogens is 3. The summed E-state index contributed by atoms with van der Waals surface area (Å²) in [4.78, 5) is 4.25. The van der Waals surface area contributed by atoms with Gasteiger partial charge in [-0.05, 0) is 18.2 Å². The van der Waals surface area contributed by atoms with Crippen LogP contribution in [0.3, 0.4) is 0 Å². The molecule has 0 aliphatic carbocycles. The zero-order valence-electron chi connectivity index (χ0n) is 8.48. The fourth-order valence-corrected chi connectivity index (χ4v) is 1.37. The molecule has 0 unspecified atom stereocenters. The number of rotatable bonds is 5. The second-order valence-corrected chi connectivity index (χ2v) is 3.33. The Balaban J connectivity index is 1.68. The standard InChI is InChI=1S/C11H14N4/c1-2-6-13-10(3-1)4-7-12-9-11-5-8-14-15-11/h1-3,5-6,8,12H,4,7,9H2,(H,14,15). The highest BCUT2D eigenvalue weighted by Crippen LogP contribution is 1.94. The maximum atomic E-state index is 4.25. The number of nitrogens with one attached hydrogen (secondary N) is 2. The van der Waals surface area contributed by atoms with Crippen molar-refractivity contribution in [3.8, 4) is 0 Å². The van der Waals surface area contributed by atoms with Crippen molar-refractivity contribution in [1.29, 1.82) is 0 Å². The molecule has 2 aromatic rings. The first kappa shape index (κ1) is 9.86. The molecule has 2 aromatic heterocycles. The molecular formula is C11H14N4. The van der Waals surface area contributed by atoms with E-state index >= 15 is 0 Å². The maximum absolute atomic E-state index is 4.25. The van der Waals surface area contributed by atoms with Crippen molar-refractivity contribution in [2.75, 3.05) is 6.54 Å². The molecule has 2 N–H and O–H groups in total. The lowest BCUT2D eigenvalue weighted by molar-refractivity contribution is 0.667. The lowest BCUT2D eigenvalue weighted by atomic mass is 10.3. The first-order chi connectivity index (χ1) is 7.45. The van der Waals surface area contributed by atoms with Gasteiger partial charge < -0.3 is 5.32 Å². The molecule has 0 aliphatic heterocycles. The van der Waals surface area contributed by atoms with E-state index in [9.17, 15) is 0 Å². The first-order valence-electron chi connectivity index (χ1n) is 5.04. The Kier molecular flexibility index (Phi) is 3.46. The molecule has 0 radical (unpaired) electrons. The molecule has 0 amide bonds. The molecule has 4 nitrogen and oxygen atoms in total. The van der Waals surface area contributed by atoms with Crippen LogP contribution in [0.15, 0.2) is 36.7 Å². The average Bonchev–Trinajstić information content (AvgIpc) is 2.79. The average molecular weight is 202 g/mol. The minimum Gasteiger partial charge on any atom is -0.311 e. The van der Waals surface area contributed by atoms with Gasteiger partial charge in [0.2, 0.25) is 0 Å². The van der Waals surface area contributed by atoms with Crippen molar-refractivity contribution in [3.05, 3.63) is 48.0 Å². The number of H-pyrrole nitrogens is 1. The Labute approximate surface area is 88.8 Å². The second kappa shape index (κ2) is 5.26. The van der Waals surface area contributed by atoms with E-state index in [1.165, 1.54) is 0 Å². The van der Waals surface area contributed by atoms with Crippen LogP contribution >= 0.6 is 0 Å². The highest BCUT2D eigenvalue weighted by Gasteiger charge is 1.94. The summed E-state index contributed by atoms with van der Waals surface area (Å²) in [6.07, 6.45) is 4.54. The molecule has 78 valence electrons. The van der Waals surface area contributed by atoms with Gasteiger partial charge in [0.1, 0.15) is 0 Å². The van der Waals surface area contributed by atoms with Gasteiger partial charge in [-0.25, -0.2) is 0 Å². The maximum Gasteiger partial charge on any atom is 0.0490 e. The lowest BCUT2D eigenvalue weighted by Crippen LogP contribution is -2.17. The number of aromatic amines is 1. The molecule has 0 bridgehead atoms. The normalized spacial score (nSPS) is 10.4. The molecule has 0 spiro atoms. The minimum absolute atomic E-state index is 0.826. The molecule has 4 heteroatoms. The van der Waals surface area contributed by atoms with Crippen molar-refractivity contribution in [1.82, 2.24) is 20.5 Å². The zero-order valence-corrected chi connectivity index (χ0v) is 8.48. The van der Waals surface area contributed by atoms with Crippen molar-refractivity contribution in [2.45, 2.75) is 13.0 Å². The molecule has 2 rings (SSSR count). The van der Waals surface area contributed by atoms with Gasteiger partial charge in [-0.15, -0.1) is 0 Å². The Morgan fingerprint density at radius 2 is 2.20 bits per heavy atom. The predicted octanol–water partition coefficient (Wildman–Crippen LogP) is 1.14. The molecule has 0 atom stereocenters. The fourth-order valence-electron chi connectivity index (χ4n) is 1.37. The Hall–Kier alpha value is -1.68. The van der Waals surface area contributed by atoms with Gasteiger partial charge in [0.05, 0.1) is 0 Å². The van der Waals surface area contributed by atoms with E-state index in [2.05, 4.69) is 20.5 Å². The van der Waals surface area contributed by atoms with Gasteiger partial charge in [0.15, 0.2) is 0 Å². The number of nitrogens with zero attached hydrogens (tertiary/aromatic N) is 2. The van der Waals surface area contributed by atoms with Gasteiger partial charge in [-0.1, -0.05) is 6.07 Å².